The van der Waals surface area contributed by atoms with E-state index in [2.05, 4.69) is 0 Å². The van der Waals surface area contributed by atoms with Gasteiger partial charge in [0.25, 0.3) is 0 Å². The molecule has 0 bridgehead atoms. The number of carbonyl (C=O) groups excluding carboxylic acids is 6. The smallest absolute Gasteiger partial charge is 0.394 e. The number of β-amino-alcohol motifs (C(OH)–C–C–N with tert-alkyl or cyclic N) is 1. The first-order valence-corrected chi connectivity index (χ1v) is 44.1. The second-order valence-corrected chi connectivity index (χ2v) is 34.3. The fraction of sp³-hybridized carbons (Fsp3) is 0.921. The molecule has 6 saturated heterocycles. The van der Waals surface area contributed by atoms with Crippen LogP contribution in [0.15, 0.2) is 0 Å². The van der Waals surface area contributed by atoms with Crippen LogP contribution in [0.3, 0.4) is 0 Å². The number of hydrogen-bond acceptors (Lipinski definition) is 29. The van der Waals surface area contributed by atoms with Crippen LogP contribution in [0.4, 0.5) is 0 Å². The molecular formula is C76H135N3O31P2. The molecule has 6 rings (SSSR count). The van der Waals surface area contributed by atoms with Crippen LogP contribution in [0.25, 0.3) is 0 Å². The second kappa shape index (κ2) is 51.4. The molecule has 0 aliphatic carbocycles. The summed E-state index contributed by atoms with van der Waals surface area (Å²) in [6.07, 6.45) is 1.20. The first kappa shape index (κ1) is 97.8. The number of nitrogens with zero attached hydrogens (tertiary/aromatic N) is 3. The maximum Gasteiger partial charge on any atom is 0.472 e. The molecule has 650 valence electrons. The fourth-order valence-corrected chi connectivity index (χ4v) is 17.4. The van der Waals surface area contributed by atoms with E-state index in [-0.39, 0.29) is 93.9 Å². The molecular weight excluding hydrogens is 1510 g/mol. The Kier molecular flexibility index (Phi) is 44.9. The van der Waals surface area contributed by atoms with Gasteiger partial charge in [-0.15, -0.1) is 0 Å². The number of hydrogen-bond donors (Lipinski definition) is 12. The molecule has 0 aromatic carbocycles. The number of Topliss-reactive ketones (excluding diaryl/α,β-unsaturated/α-hetero) is 3. The first-order valence-electron chi connectivity index (χ1n) is 41.1. The summed E-state index contributed by atoms with van der Waals surface area (Å²) in [5.74, 6) is -2.01. The molecule has 3 amide bonds. The van der Waals surface area contributed by atoms with Gasteiger partial charge >= 0.3 is 15.6 Å². The van der Waals surface area contributed by atoms with Crippen molar-refractivity contribution >= 4 is 50.7 Å². The lowest BCUT2D eigenvalue weighted by Gasteiger charge is -2.40. The van der Waals surface area contributed by atoms with Gasteiger partial charge in [-0.1, -0.05) is 78.6 Å². The molecule has 6 aliphatic heterocycles. The van der Waals surface area contributed by atoms with E-state index in [1.54, 1.807) is 25.7 Å². The van der Waals surface area contributed by atoms with Crippen molar-refractivity contribution in [2.75, 3.05) is 86.2 Å². The monoisotopic (exact) mass is 1650 g/mol. The van der Waals surface area contributed by atoms with Gasteiger partial charge in [0.15, 0.2) is 18.9 Å². The van der Waals surface area contributed by atoms with E-state index in [0.717, 1.165) is 19.3 Å². The third-order valence-electron chi connectivity index (χ3n) is 22.4. The standard InChI is InChI=1S/C76H135N3O31P2/c1-50-68(90)71(93)62(44-80)106-74(50)101-35-23-11-17-29-56(83)26-14-5-8-20-32-65(87)77-41-59(86)38-53(77)48-104-111(96,97)110-61-40-55(79(43-61)67(89)34-22-10-7-16-28-58(85)31-19-13-25-37-103-76-52(3)70(92)73(95)64(46-82)108-76)49-105-112(98,99)109-60-39-54(47-100-4)78(42-60)66(88)33-21-9-6-15-27-57(84)30-18-12-24-36-102-75-51(2)69(91)72(94)63(45-81)107-75/h50-55,59-64,68-76,80-82,86,90-95H,5-49H2,1-4H3,(H,96,97)(H,98,99)/t50?,51?,52?,53?,54?,55?,59-,60-,61-,62?,63?,64?,68-,69-,70-,71+,72+,73+,74-,75-,76-/m1/s1. The van der Waals surface area contributed by atoms with Crippen LogP contribution >= 0.6 is 15.6 Å². The summed E-state index contributed by atoms with van der Waals surface area (Å²) in [6, 6.07) is -2.21. The summed E-state index contributed by atoms with van der Waals surface area (Å²) in [7, 11) is -8.38. The zero-order valence-corrected chi connectivity index (χ0v) is 68.1. The third-order valence-corrected chi connectivity index (χ3v) is 24.5. The predicted molar refractivity (Wildman–Crippen MR) is 402 cm³/mol. The Bertz CT molecular complexity index is 2850. The molecule has 6 fully saturated rings. The molecule has 6 aliphatic rings. The van der Waals surface area contributed by atoms with E-state index >= 15 is 0 Å². The molecule has 0 saturated carbocycles. The van der Waals surface area contributed by atoms with Crippen LogP contribution in [-0.2, 0) is 89.2 Å². The molecule has 0 radical (unpaired) electrons. The van der Waals surface area contributed by atoms with Crippen molar-refractivity contribution in [1.82, 2.24) is 14.7 Å². The van der Waals surface area contributed by atoms with Crippen molar-refractivity contribution in [3.63, 3.8) is 0 Å². The Morgan fingerprint density at radius 2 is 0.634 bits per heavy atom. The van der Waals surface area contributed by atoms with Crippen molar-refractivity contribution in [3.05, 3.63) is 0 Å². The van der Waals surface area contributed by atoms with Crippen molar-refractivity contribution in [3.8, 4) is 0 Å². The van der Waals surface area contributed by atoms with Gasteiger partial charge < -0.3 is 109 Å². The summed E-state index contributed by atoms with van der Waals surface area (Å²) >= 11 is 0. The summed E-state index contributed by atoms with van der Waals surface area (Å²) < 4.78 is 89.5. The van der Waals surface area contributed by atoms with E-state index in [9.17, 15) is 98.7 Å². The Morgan fingerprint density at radius 3 is 0.929 bits per heavy atom. The highest BCUT2D eigenvalue weighted by Crippen LogP contribution is 2.50. The predicted octanol–water partition coefficient (Wildman–Crippen LogP) is 4.49. The minimum atomic E-state index is -4.94. The van der Waals surface area contributed by atoms with Crippen LogP contribution in [0.5, 0.6) is 0 Å². The Balaban J connectivity index is 0.908. The Hall–Kier alpha value is -3.04. The van der Waals surface area contributed by atoms with Crippen LogP contribution in [-0.4, -0.2) is 307 Å². The highest BCUT2D eigenvalue weighted by molar-refractivity contribution is 7.47. The number of likely N-dealkylation sites (tertiary alicyclic amines) is 3. The van der Waals surface area contributed by atoms with Crippen LogP contribution in [0.1, 0.15) is 233 Å². The van der Waals surface area contributed by atoms with Gasteiger partial charge in [-0.3, -0.25) is 46.9 Å². The van der Waals surface area contributed by atoms with Crippen molar-refractivity contribution in [2.24, 2.45) is 17.8 Å². The van der Waals surface area contributed by atoms with E-state index in [0.29, 0.717) is 174 Å². The summed E-state index contributed by atoms with van der Waals surface area (Å²) in [5.41, 5.74) is 0. The topological polar surface area (TPSA) is 491 Å². The van der Waals surface area contributed by atoms with Gasteiger partial charge in [-0.25, -0.2) is 9.13 Å². The van der Waals surface area contributed by atoms with Crippen LogP contribution < -0.4 is 0 Å². The number of aliphatic hydroxyl groups excluding tert-OH is 10. The summed E-state index contributed by atoms with van der Waals surface area (Å²) in [6.45, 7) is 3.49. The van der Waals surface area contributed by atoms with E-state index < -0.39 is 183 Å². The fourth-order valence-electron chi connectivity index (χ4n) is 15.5. The highest BCUT2D eigenvalue weighted by Gasteiger charge is 2.48. The largest absolute Gasteiger partial charge is 0.472 e. The summed E-state index contributed by atoms with van der Waals surface area (Å²) in [5, 5.41) is 100. The van der Waals surface area contributed by atoms with Crippen molar-refractivity contribution in [1.29, 1.82) is 0 Å². The quantitative estimate of drug-likeness (QED) is 0.0295. The number of unbranched alkanes of at least 4 members (excludes halogenated alkanes) is 15. The number of aliphatic hydroxyl groups is 10. The lowest BCUT2D eigenvalue weighted by molar-refractivity contribution is -0.282. The molecule has 112 heavy (non-hydrogen) atoms. The molecule has 12 N–H and O–H groups in total. The number of ketones is 3. The number of phosphoric acid groups is 2. The van der Waals surface area contributed by atoms with Crippen LogP contribution in [0, 0.1) is 17.8 Å². The molecule has 34 nitrogen and oxygen atoms in total. The van der Waals surface area contributed by atoms with Gasteiger partial charge in [-0.05, 0) is 96.3 Å². The van der Waals surface area contributed by atoms with Crippen LogP contribution in [0.2, 0.25) is 0 Å². The van der Waals surface area contributed by atoms with E-state index in [1.165, 1.54) is 16.9 Å². The lowest BCUT2D eigenvalue weighted by atomic mass is 9.92. The normalized spacial score (nSPS) is 31.4. The zero-order valence-electron chi connectivity index (χ0n) is 66.3. The van der Waals surface area contributed by atoms with Gasteiger partial charge in [-0.2, -0.15) is 0 Å². The molecule has 23 atom stereocenters. The van der Waals surface area contributed by atoms with Crippen molar-refractivity contribution in [2.45, 2.75) is 343 Å². The summed E-state index contributed by atoms with van der Waals surface area (Å²) in [4.78, 5) is 106. The molecule has 11 unspecified atom stereocenters. The SMILES string of the molecule is COCC1C[C@@H](OP(=O)(O)OCC2C[C@@H](OP(=O)(O)OCC3C[C@@H](O)CN3C(=O)CCCCCCC(=O)CCCCCO[C@@H]3OC(CO)[C@H](O)[C@H](O)C3C)CN2C(=O)CCCCCCC(=O)CCCCCO[C@@H]2OC(CO)[C@H](O)[C@H](O)C2C)CN1C(=O)CCCCCCC(=O)CCCCCO[C@@H]1OC(CO)[C@H](O)[C@H](O)C1C. The highest BCUT2D eigenvalue weighted by atomic mass is 31.2. The van der Waals surface area contributed by atoms with Gasteiger partial charge in [0.05, 0.1) is 94.4 Å². The number of carbonyl (C=O) groups is 6. The Morgan fingerprint density at radius 1 is 0.366 bits per heavy atom. The van der Waals surface area contributed by atoms with Gasteiger partial charge in [0.2, 0.25) is 17.7 Å². The van der Waals surface area contributed by atoms with Gasteiger partial charge in [0.1, 0.15) is 54.0 Å². The second-order valence-electron chi connectivity index (χ2n) is 31.5. The maximum atomic E-state index is 14.1. The minimum Gasteiger partial charge on any atom is -0.394 e. The average Bonchev–Trinajstić information content (AvgIpc) is 1.51. The van der Waals surface area contributed by atoms with E-state index in [1.807, 2.05) is 0 Å². The zero-order chi connectivity index (χ0) is 81.9. The molecule has 0 aromatic rings. The first-order chi connectivity index (χ1) is 53.5. The van der Waals surface area contributed by atoms with Gasteiger partial charge in [0, 0.05) is 122 Å². The average molecular weight is 1650 g/mol. The molecule has 0 aromatic heterocycles. The minimum absolute atomic E-state index is 0.0186. The van der Waals surface area contributed by atoms with Crippen molar-refractivity contribution < 1.29 is 150 Å². The lowest BCUT2D eigenvalue weighted by Crippen LogP contribution is -2.55. The van der Waals surface area contributed by atoms with E-state index in [4.69, 9.17) is 51.3 Å². The third kappa shape index (κ3) is 33.3. The number of ether oxygens (including phenoxy) is 7. The number of amides is 3. The number of methoxy groups -OCH3 is 1. The molecule has 36 heteroatoms. The molecule has 6 heterocycles. The molecule has 0 spiro atoms. The number of phosphoric ester groups is 2. The number of rotatable bonds is 57. The maximum absolute atomic E-state index is 14.1. The Labute approximate surface area is 659 Å².